The Labute approximate surface area is 130 Å². The molecule has 2 rings (SSSR count). The molecule has 0 aliphatic carbocycles. The summed E-state index contributed by atoms with van der Waals surface area (Å²) in [5.74, 6) is 0.195. The van der Waals surface area contributed by atoms with Crippen LogP contribution in [0.25, 0.3) is 6.08 Å². The summed E-state index contributed by atoms with van der Waals surface area (Å²) < 4.78 is 5.72. The van der Waals surface area contributed by atoms with Crippen molar-refractivity contribution in [3.63, 3.8) is 0 Å². The van der Waals surface area contributed by atoms with Gasteiger partial charge in [-0.3, -0.25) is 9.69 Å². The van der Waals surface area contributed by atoms with Crippen molar-refractivity contribution >= 4 is 45.2 Å². The van der Waals surface area contributed by atoms with Gasteiger partial charge in [-0.2, -0.15) is 0 Å². The molecular weight excluding hydrogens is 344 g/mol. The van der Waals surface area contributed by atoms with Gasteiger partial charge in [-0.25, -0.2) is 0 Å². The molecule has 0 saturated carbocycles. The number of likely N-dealkylation sites (N-methyl/N-ethyl adjacent to an activating group) is 2. The first-order valence-electron chi connectivity index (χ1n) is 5.70. The van der Waals surface area contributed by atoms with E-state index in [1.165, 1.54) is 18.1 Å². The molecule has 1 aromatic rings. The van der Waals surface area contributed by atoms with Crippen LogP contribution in [0.15, 0.2) is 22.3 Å². The summed E-state index contributed by atoms with van der Waals surface area (Å²) in [6.45, 7) is 0. The molecule has 5 nitrogen and oxygen atoms in total. The molecule has 20 heavy (non-hydrogen) atoms. The van der Waals surface area contributed by atoms with Crippen LogP contribution in [-0.2, 0) is 4.79 Å². The van der Waals surface area contributed by atoms with E-state index in [1.54, 1.807) is 31.1 Å². The van der Waals surface area contributed by atoms with Crippen molar-refractivity contribution in [1.82, 2.24) is 9.80 Å². The number of carbonyl (C=O) groups excluding carboxylic acids is 1. The summed E-state index contributed by atoms with van der Waals surface area (Å²) >= 11 is 8.50. The Kier molecular flexibility index (Phi) is 4.01. The van der Waals surface area contributed by atoms with Crippen LogP contribution < -0.4 is 4.74 Å². The number of amides is 1. The maximum Gasteiger partial charge on any atom is 0.276 e. The summed E-state index contributed by atoms with van der Waals surface area (Å²) in [5.41, 5.74) is 1.18. The normalized spacial score (nSPS) is 17.3. The number of phenolic OH excluding ortho intramolecular Hbond substituents is 1. The molecule has 1 saturated heterocycles. The predicted octanol–water partition coefficient (Wildman–Crippen LogP) is 2.19. The quantitative estimate of drug-likeness (QED) is 0.650. The number of hydrogen-bond acceptors (Lipinski definition) is 4. The third kappa shape index (κ3) is 2.38. The second kappa shape index (κ2) is 5.41. The number of nitrogens with zero attached hydrogens (tertiary/aromatic N) is 2. The molecule has 0 aromatic heterocycles. The molecule has 106 valence electrons. The zero-order valence-corrected chi connectivity index (χ0v) is 13.6. The third-order valence-electron chi connectivity index (χ3n) is 3.05. The highest BCUT2D eigenvalue weighted by Crippen LogP contribution is 2.34. The van der Waals surface area contributed by atoms with Gasteiger partial charge in [0.2, 0.25) is 0 Å². The van der Waals surface area contributed by atoms with E-state index in [0.29, 0.717) is 26.6 Å². The minimum Gasteiger partial charge on any atom is -0.504 e. The maximum atomic E-state index is 12.1. The van der Waals surface area contributed by atoms with Gasteiger partial charge in [0.15, 0.2) is 16.6 Å². The van der Waals surface area contributed by atoms with Gasteiger partial charge in [0.05, 0.1) is 7.11 Å². The zero-order valence-electron chi connectivity index (χ0n) is 11.2. The molecule has 1 aliphatic heterocycles. The topological polar surface area (TPSA) is 53.0 Å². The van der Waals surface area contributed by atoms with Crippen LogP contribution in [0.3, 0.4) is 0 Å². The molecule has 1 fully saturated rings. The van der Waals surface area contributed by atoms with Gasteiger partial charge in [0, 0.05) is 18.6 Å². The summed E-state index contributed by atoms with van der Waals surface area (Å²) in [6, 6.07) is 3.17. The van der Waals surface area contributed by atoms with E-state index in [-0.39, 0.29) is 11.7 Å². The fourth-order valence-electron chi connectivity index (χ4n) is 1.87. The summed E-state index contributed by atoms with van der Waals surface area (Å²) in [5, 5.41) is 10.1. The first-order valence-corrected chi connectivity index (χ1v) is 6.91. The average molecular weight is 357 g/mol. The number of aromatic hydroxyl groups is 1. The van der Waals surface area contributed by atoms with Gasteiger partial charge in [0.25, 0.3) is 5.91 Å². The zero-order chi connectivity index (χ0) is 15.0. The molecule has 0 unspecified atom stereocenters. The fraction of sp³-hybridized carbons (Fsp3) is 0.231. The lowest BCUT2D eigenvalue weighted by molar-refractivity contribution is -0.121. The second-order valence-corrected chi connectivity index (χ2v) is 5.50. The number of halogens is 1. The van der Waals surface area contributed by atoms with E-state index in [4.69, 9.17) is 17.0 Å². The molecular formula is C13H13BrN2O3S. The molecule has 0 bridgehead atoms. The Morgan fingerprint density at radius 1 is 1.35 bits per heavy atom. The van der Waals surface area contributed by atoms with Crippen LogP contribution in [0.4, 0.5) is 0 Å². The molecule has 1 heterocycles. The Morgan fingerprint density at radius 2 is 2.00 bits per heavy atom. The van der Waals surface area contributed by atoms with Gasteiger partial charge < -0.3 is 14.7 Å². The van der Waals surface area contributed by atoms with Crippen molar-refractivity contribution < 1.29 is 14.6 Å². The molecule has 1 aromatic carbocycles. The van der Waals surface area contributed by atoms with Crippen LogP contribution >= 0.6 is 28.1 Å². The van der Waals surface area contributed by atoms with Gasteiger partial charge in [-0.1, -0.05) is 15.9 Å². The molecule has 0 radical (unpaired) electrons. The molecule has 1 N–H and O–H groups in total. The standard InChI is InChI=1S/C13H13BrN2O3S/c1-15-9(12(18)16(2)13(15)20)4-7-5-11(19-3)10(17)6-8(7)14/h4-6,17H,1-3H3/b9-4-. The van der Waals surface area contributed by atoms with Crippen molar-refractivity contribution in [3.8, 4) is 11.5 Å². The first kappa shape index (κ1) is 14.8. The van der Waals surface area contributed by atoms with E-state index in [2.05, 4.69) is 15.9 Å². The van der Waals surface area contributed by atoms with Crippen molar-refractivity contribution in [1.29, 1.82) is 0 Å². The van der Waals surface area contributed by atoms with E-state index >= 15 is 0 Å². The van der Waals surface area contributed by atoms with E-state index in [0.717, 1.165) is 0 Å². The Bertz CT molecular complexity index is 630. The number of phenols is 1. The minimum absolute atomic E-state index is 0.0280. The van der Waals surface area contributed by atoms with E-state index in [9.17, 15) is 9.90 Å². The van der Waals surface area contributed by atoms with Crippen LogP contribution in [-0.4, -0.2) is 47.1 Å². The molecule has 7 heteroatoms. The number of ether oxygens (including phenoxy) is 1. The lowest BCUT2D eigenvalue weighted by Crippen LogP contribution is -2.26. The Morgan fingerprint density at radius 3 is 2.50 bits per heavy atom. The number of methoxy groups -OCH3 is 1. The van der Waals surface area contributed by atoms with E-state index < -0.39 is 0 Å². The molecule has 1 aliphatic rings. The minimum atomic E-state index is -0.170. The number of thiocarbonyl (C=S) groups is 1. The summed E-state index contributed by atoms with van der Waals surface area (Å²) in [6.07, 6.45) is 1.70. The van der Waals surface area contributed by atoms with Crippen molar-refractivity contribution in [3.05, 3.63) is 27.9 Å². The number of benzene rings is 1. The van der Waals surface area contributed by atoms with Gasteiger partial charge in [-0.15, -0.1) is 0 Å². The monoisotopic (exact) mass is 356 g/mol. The molecule has 1 amide bonds. The second-order valence-electron chi connectivity index (χ2n) is 4.28. The maximum absolute atomic E-state index is 12.1. The largest absolute Gasteiger partial charge is 0.504 e. The van der Waals surface area contributed by atoms with Crippen molar-refractivity contribution in [2.45, 2.75) is 0 Å². The lowest BCUT2D eigenvalue weighted by Gasteiger charge is -2.12. The van der Waals surface area contributed by atoms with E-state index in [1.807, 2.05) is 0 Å². The predicted molar refractivity (Wildman–Crippen MR) is 83.5 cm³/mol. The highest BCUT2D eigenvalue weighted by atomic mass is 79.9. The van der Waals surface area contributed by atoms with Crippen LogP contribution in [0.1, 0.15) is 5.56 Å². The Balaban J connectivity index is 2.51. The molecule has 0 atom stereocenters. The highest BCUT2D eigenvalue weighted by Gasteiger charge is 2.32. The number of rotatable bonds is 2. The summed E-state index contributed by atoms with van der Waals surface area (Å²) in [4.78, 5) is 15.1. The van der Waals surface area contributed by atoms with Gasteiger partial charge in [-0.05, 0) is 36.0 Å². The van der Waals surface area contributed by atoms with Gasteiger partial charge >= 0.3 is 0 Å². The van der Waals surface area contributed by atoms with Crippen molar-refractivity contribution in [2.24, 2.45) is 0 Å². The van der Waals surface area contributed by atoms with Crippen LogP contribution in [0.5, 0.6) is 11.5 Å². The average Bonchev–Trinajstić information content (AvgIpc) is 2.59. The number of hydrogen-bond donors (Lipinski definition) is 1. The van der Waals surface area contributed by atoms with Crippen molar-refractivity contribution in [2.75, 3.05) is 21.2 Å². The summed E-state index contributed by atoms with van der Waals surface area (Å²) in [7, 11) is 4.84. The highest BCUT2D eigenvalue weighted by molar-refractivity contribution is 9.10. The van der Waals surface area contributed by atoms with Crippen LogP contribution in [0, 0.1) is 0 Å². The van der Waals surface area contributed by atoms with Crippen LogP contribution in [0.2, 0.25) is 0 Å². The third-order valence-corrected chi connectivity index (χ3v) is 4.28. The SMILES string of the molecule is COc1cc(/C=C2/C(=O)N(C)C(=S)N2C)c(Br)cc1O. The lowest BCUT2D eigenvalue weighted by atomic mass is 10.1. The fourth-order valence-corrected chi connectivity index (χ4v) is 2.50. The first-order chi connectivity index (χ1) is 9.36. The van der Waals surface area contributed by atoms with Gasteiger partial charge in [0.1, 0.15) is 5.70 Å². The Hall–Kier alpha value is -1.60. The number of carbonyl (C=O) groups is 1. The smallest absolute Gasteiger partial charge is 0.276 e. The molecule has 0 spiro atoms.